The largest absolute Gasteiger partial charge is 0.460 e. The number of hydrogen-bond acceptors (Lipinski definition) is 3. The molecule has 2 aliphatic rings. The van der Waals surface area contributed by atoms with Crippen molar-refractivity contribution in [3.63, 3.8) is 0 Å². The van der Waals surface area contributed by atoms with Gasteiger partial charge in [-0.1, -0.05) is 6.58 Å². The topological polar surface area (TPSA) is 55.4 Å². The van der Waals surface area contributed by atoms with Gasteiger partial charge < -0.3 is 10.1 Å². The molecule has 100 valence electrons. The number of nitrogens with one attached hydrogen (secondary N) is 1. The monoisotopic (exact) mass is 251 g/mol. The first kappa shape index (κ1) is 13.1. The van der Waals surface area contributed by atoms with Gasteiger partial charge in [0.1, 0.15) is 6.61 Å². The summed E-state index contributed by atoms with van der Waals surface area (Å²) < 4.78 is 4.94. The van der Waals surface area contributed by atoms with Gasteiger partial charge in [0.05, 0.1) is 6.54 Å². The molecule has 2 rings (SSSR count). The quantitative estimate of drug-likeness (QED) is 0.460. The van der Waals surface area contributed by atoms with Gasteiger partial charge in [-0.05, 0) is 44.9 Å². The van der Waals surface area contributed by atoms with Crippen molar-refractivity contribution in [1.82, 2.24) is 5.32 Å². The molecule has 1 N–H and O–H groups in total. The summed E-state index contributed by atoms with van der Waals surface area (Å²) >= 11 is 0. The number of hydrogen-bond donors (Lipinski definition) is 1. The molecule has 0 radical (unpaired) electrons. The average molecular weight is 251 g/mol. The number of rotatable bonds is 5. The summed E-state index contributed by atoms with van der Waals surface area (Å²) in [5.74, 6) is 0.509. The molecule has 0 atom stereocenters. The zero-order valence-corrected chi connectivity index (χ0v) is 11.0. The molecule has 4 nitrogen and oxygen atoms in total. The van der Waals surface area contributed by atoms with Crippen molar-refractivity contribution in [1.29, 1.82) is 0 Å². The van der Waals surface area contributed by atoms with Crippen LogP contribution in [-0.4, -0.2) is 25.0 Å². The lowest BCUT2D eigenvalue weighted by molar-refractivity contribution is -0.140. The lowest BCUT2D eigenvalue weighted by Crippen LogP contribution is -2.39. The Morgan fingerprint density at radius 3 is 2.56 bits per heavy atom. The summed E-state index contributed by atoms with van der Waals surface area (Å²) in [5.41, 5.74) is 0.276. The summed E-state index contributed by atoms with van der Waals surface area (Å²) in [5, 5.41) is 2.89. The smallest absolute Gasteiger partial charge is 0.333 e. The minimum Gasteiger partial charge on any atom is -0.460 e. The number of amides is 1. The van der Waals surface area contributed by atoms with Gasteiger partial charge >= 0.3 is 5.97 Å². The van der Waals surface area contributed by atoms with Gasteiger partial charge in [-0.25, -0.2) is 4.79 Å². The second-order valence-corrected chi connectivity index (χ2v) is 5.60. The maximum Gasteiger partial charge on any atom is 0.333 e. The third kappa shape index (κ3) is 2.57. The van der Waals surface area contributed by atoms with Gasteiger partial charge in [0.2, 0.25) is 5.91 Å². The lowest BCUT2D eigenvalue weighted by Gasteiger charge is -2.24. The third-order valence-corrected chi connectivity index (χ3v) is 4.19. The molecule has 2 bridgehead atoms. The molecule has 0 heterocycles. The maximum atomic E-state index is 12.1. The fourth-order valence-corrected chi connectivity index (χ4v) is 3.13. The first-order valence-electron chi connectivity index (χ1n) is 6.64. The Balaban J connectivity index is 1.69. The van der Waals surface area contributed by atoms with Crippen molar-refractivity contribution in [3.05, 3.63) is 12.2 Å². The van der Waals surface area contributed by atoms with Gasteiger partial charge in [0, 0.05) is 11.0 Å². The highest BCUT2D eigenvalue weighted by molar-refractivity contribution is 5.87. The Bertz CT molecular complexity index is 367. The van der Waals surface area contributed by atoms with Crippen LogP contribution in [-0.2, 0) is 14.3 Å². The molecular weight excluding hydrogens is 230 g/mol. The van der Waals surface area contributed by atoms with Crippen molar-refractivity contribution in [3.8, 4) is 0 Å². The van der Waals surface area contributed by atoms with Gasteiger partial charge in [-0.3, -0.25) is 4.79 Å². The molecule has 0 unspecified atom stereocenters. The van der Waals surface area contributed by atoms with Crippen LogP contribution in [0.4, 0.5) is 0 Å². The van der Waals surface area contributed by atoms with E-state index in [4.69, 9.17) is 4.74 Å². The molecule has 0 aromatic heterocycles. The average Bonchev–Trinajstić information content (AvgIpc) is 2.95. The molecule has 0 saturated heterocycles. The molecule has 2 aliphatic carbocycles. The van der Waals surface area contributed by atoms with Crippen molar-refractivity contribution >= 4 is 11.9 Å². The van der Waals surface area contributed by atoms with Gasteiger partial charge in [-0.15, -0.1) is 0 Å². The normalized spacial score (nSPS) is 29.1. The van der Waals surface area contributed by atoms with Crippen LogP contribution >= 0.6 is 0 Å². The predicted octanol–water partition coefficient (Wildman–Crippen LogP) is 1.80. The molecule has 4 heteroatoms. The molecular formula is C14H21NO3. The second-order valence-electron chi connectivity index (χ2n) is 5.60. The van der Waals surface area contributed by atoms with Crippen LogP contribution in [0.2, 0.25) is 0 Å². The van der Waals surface area contributed by atoms with Crippen LogP contribution in [0.25, 0.3) is 0 Å². The van der Waals surface area contributed by atoms with E-state index in [1.807, 2.05) is 0 Å². The highest BCUT2D eigenvalue weighted by Crippen LogP contribution is 2.54. The second kappa shape index (κ2) is 5.12. The van der Waals surface area contributed by atoms with Crippen LogP contribution in [0.3, 0.4) is 0 Å². The van der Waals surface area contributed by atoms with Crippen LogP contribution in [0, 0.1) is 11.3 Å². The van der Waals surface area contributed by atoms with Gasteiger partial charge in [0.25, 0.3) is 0 Å². The lowest BCUT2D eigenvalue weighted by atomic mass is 9.83. The first-order valence-corrected chi connectivity index (χ1v) is 6.64. The van der Waals surface area contributed by atoms with E-state index in [0.717, 1.165) is 25.2 Å². The number of carbonyl (C=O) groups is 2. The van der Waals surface area contributed by atoms with E-state index in [1.54, 1.807) is 6.92 Å². The van der Waals surface area contributed by atoms with Crippen molar-refractivity contribution in [2.24, 2.45) is 11.3 Å². The highest BCUT2D eigenvalue weighted by atomic mass is 16.5. The summed E-state index contributed by atoms with van der Waals surface area (Å²) in [6, 6.07) is 0. The maximum absolute atomic E-state index is 12.1. The summed E-state index contributed by atoms with van der Waals surface area (Å²) in [6.07, 6.45) is 5.48. The fraction of sp³-hybridized carbons (Fsp3) is 0.714. The van der Waals surface area contributed by atoms with E-state index in [-0.39, 0.29) is 17.9 Å². The van der Waals surface area contributed by atoms with E-state index in [0.29, 0.717) is 12.1 Å². The van der Waals surface area contributed by atoms with Crippen molar-refractivity contribution in [2.75, 3.05) is 13.2 Å². The van der Waals surface area contributed by atoms with Crippen LogP contribution in [0.15, 0.2) is 12.2 Å². The Kier molecular flexibility index (Phi) is 3.73. The zero-order chi connectivity index (χ0) is 13.2. The van der Waals surface area contributed by atoms with E-state index in [1.165, 1.54) is 12.8 Å². The highest BCUT2D eigenvalue weighted by Gasteiger charge is 2.49. The number of fused-ring (bicyclic) bond motifs is 2. The molecule has 1 amide bonds. The van der Waals surface area contributed by atoms with Crippen molar-refractivity contribution in [2.45, 2.75) is 39.0 Å². The van der Waals surface area contributed by atoms with Crippen LogP contribution in [0.5, 0.6) is 0 Å². The Labute approximate surface area is 108 Å². The third-order valence-electron chi connectivity index (χ3n) is 4.19. The zero-order valence-electron chi connectivity index (χ0n) is 11.0. The summed E-state index contributed by atoms with van der Waals surface area (Å²) in [6.45, 7) is 5.72. The molecule has 18 heavy (non-hydrogen) atoms. The van der Waals surface area contributed by atoms with Crippen LogP contribution < -0.4 is 5.32 Å². The molecule has 0 aliphatic heterocycles. The molecule has 2 fully saturated rings. The Morgan fingerprint density at radius 1 is 1.39 bits per heavy atom. The molecule has 2 saturated carbocycles. The van der Waals surface area contributed by atoms with E-state index >= 15 is 0 Å². The van der Waals surface area contributed by atoms with Crippen molar-refractivity contribution < 1.29 is 14.3 Å². The standard InChI is InChI=1S/C14H21NO3/c1-10(2)12(16)18-8-7-15-13(17)14-5-3-11(9-14)4-6-14/h11H,1,3-9H2,2H3,(H,15,17). The SMILES string of the molecule is C=C(C)C(=O)OCCNC(=O)C12CCC(CC1)C2. The Morgan fingerprint density at radius 2 is 2.06 bits per heavy atom. The van der Waals surface area contributed by atoms with Gasteiger partial charge in [0.15, 0.2) is 0 Å². The summed E-state index contributed by atoms with van der Waals surface area (Å²) in [4.78, 5) is 23.3. The molecule has 0 spiro atoms. The van der Waals surface area contributed by atoms with Crippen LogP contribution in [0.1, 0.15) is 39.0 Å². The Hall–Kier alpha value is -1.32. The summed E-state index contributed by atoms with van der Waals surface area (Å²) in [7, 11) is 0. The van der Waals surface area contributed by atoms with E-state index in [9.17, 15) is 9.59 Å². The first-order chi connectivity index (χ1) is 8.53. The van der Waals surface area contributed by atoms with Gasteiger partial charge in [-0.2, -0.15) is 0 Å². The number of esters is 1. The molecule has 0 aromatic carbocycles. The minimum atomic E-state index is -0.399. The fourth-order valence-electron chi connectivity index (χ4n) is 3.13. The number of carbonyl (C=O) groups excluding carboxylic acids is 2. The molecule has 0 aromatic rings. The number of ether oxygens (including phenoxy) is 1. The minimum absolute atomic E-state index is 0.108. The van der Waals surface area contributed by atoms with E-state index < -0.39 is 5.97 Å². The van der Waals surface area contributed by atoms with E-state index in [2.05, 4.69) is 11.9 Å². The predicted molar refractivity (Wildman–Crippen MR) is 67.8 cm³/mol.